The van der Waals surface area contributed by atoms with Gasteiger partial charge in [-0.1, -0.05) is 12.1 Å². The summed E-state index contributed by atoms with van der Waals surface area (Å²) >= 11 is 0. The van der Waals surface area contributed by atoms with Gasteiger partial charge in [0.1, 0.15) is 11.0 Å². The molecule has 28 heavy (non-hydrogen) atoms. The molecule has 0 atom stereocenters. The molecule has 0 amide bonds. The van der Waals surface area contributed by atoms with Crippen molar-refractivity contribution in [3.05, 3.63) is 79.6 Å². The van der Waals surface area contributed by atoms with Crippen molar-refractivity contribution < 1.29 is 14.6 Å². The van der Waals surface area contributed by atoms with E-state index >= 15 is 0 Å². The van der Waals surface area contributed by atoms with E-state index in [9.17, 15) is 25.0 Å². The van der Waals surface area contributed by atoms with Gasteiger partial charge < -0.3 is 9.97 Å². The smallest absolute Gasteiger partial charge is 0.293 e. The standard InChI is InChI=1S/C10H8N2O3.C9H8N2O2/c1-6-2-3-8(12(14)15)10-9(6)7(5-13)4-11-10;1-6-2-3-8(11(12)13)9-7(6)4-5-10-9/h2-5,11H,1H3;2-5,10H,1H3. The first-order chi connectivity index (χ1) is 13.3. The first kappa shape index (κ1) is 18.8. The van der Waals surface area contributed by atoms with Crippen LogP contribution in [0, 0.1) is 34.1 Å². The second-order valence-corrected chi connectivity index (χ2v) is 6.20. The third-order valence-electron chi connectivity index (χ3n) is 4.49. The number of aldehydes is 1. The van der Waals surface area contributed by atoms with Crippen LogP contribution in [0.25, 0.3) is 21.8 Å². The molecule has 0 spiro atoms. The van der Waals surface area contributed by atoms with Crippen molar-refractivity contribution >= 4 is 39.5 Å². The van der Waals surface area contributed by atoms with Crippen LogP contribution < -0.4 is 0 Å². The Kier molecular flexibility index (Phi) is 4.90. The number of carbonyl (C=O) groups excluding carboxylic acids is 1. The molecule has 0 aliphatic heterocycles. The number of nitro groups is 2. The van der Waals surface area contributed by atoms with Crippen molar-refractivity contribution in [2.24, 2.45) is 0 Å². The Hall–Kier alpha value is -4.01. The lowest BCUT2D eigenvalue weighted by Gasteiger charge is -1.98. The molecule has 0 unspecified atom stereocenters. The summed E-state index contributed by atoms with van der Waals surface area (Å²) in [7, 11) is 0. The van der Waals surface area contributed by atoms with Crippen molar-refractivity contribution in [1.29, 1.82) is 0 Å². The maximum Gasteiger partial charge on any atom is 0.293 e. The van der Waals surface area contributed by atoms with E-state index < -0.39 is 4.92 Å². The summed E-state index contributed by atoms with van der Waals surface area (Å²) in [6.07, 6.45) is 3.89. The van der Waals surface area contributed by atoms with Gasteiger partial charge in [0.2, 0.25) is 0 Å². The third kappa shape index (κ3) is 3.20. The number of aromatic nitrogens is 2. The van der Waals surface area contributed by atoms with Gasteiger partial charge in [0, 0.05) is 40.9 Å². The lowest BCUT2D eigenvalue weighted by molar-refractivity contribution is -0.383. The zero-order valence-electron chi connectivity index (χ0n) is 15.1. The van der Waals surface area contributed by atoms with E-state index in [1.807, 2.05) is 19.9 Å². The number of nitrogens with one attached hydrogen (secondary N) is 2. The average molecular weight is 380 g/mol. The molecule has 9 nitrogen and oxygen atoms in total. The number of non-ortho nitro benzene ring substituents is 2. The first-order valence-corrected chi connectivity index (χ1v) is 8.26. The molecule has 0 saturated carbocycles. The lowest BCUT2D eigenvalue weighted by atomic mass is 10.1. The second-order valence-electron chi connectivity index (χ2n) is 6.20. The molecular formula is C19H16N4O5. The van der Waals surface area contributed by atoms with Crippen molar-refractivity contribution in [2.45, 2.75) is 13.8 Å². The molecule has 0 aliphatic rings. The van der Waals surface area contributed by atoms with Crippen molar-refractivity contribution in [1.82, 2.24) is 9.97 Å². The molecule has 0 aliphatic carbocycles. The molecule has 0 saturated heterocycles. The van der Waals surface area contributed by atoms with Gasteiger partial charge in [-0.15, -0.1) is 0 Å². The minimum absolute atomic E-state index is 0.0105. The van der Waals surface area contributed by atoms with Gasteiger partial charge >= 0.3 is 0 Å². The highest BCUT2D eigenvalue weighted by atomic mass is 16.6. The van der Waals surface area contributed by atoms with Crippen LogP contribution in [-0.4, -0.2) is 26.1 Å². The highest BCUT2D eigenvalue weighted by Gasteiger charge is 2.16. The number of hydrogen-bond acceptors (Lipinski definition) is 5. The van der Waals surface area contributed by atoms with Gasteiger partial charge in [-0.25, -0.2) is 0 Å². The van der Waals surface area contributed by atoms with E-state index in [-0.39, 0.29) is 16.3 Å². The molecule has 2 aromatic carbocycles. The SMILES string of the molecule is Cc1ccc([N+](=O)[O-])c2[nH]cc(C=O)c12.Cc1ccc([N+](=O)[O-])c2[nH]ccc12. The zero-order valence-corrected chi connectivity index (χ0v) is 15.1. The predicted molar refractivity (Wildman–Crippen MR) is 105 cm³/mol. The van der Waals surface area contributed by atoms with Gasteiger partial charge in [-0.05, 0) is 31.0 Å². The fourth-order valence-corrected chi connectivity index (χ4v) is 3.12. The predicted octanol–water partition coefficient (Wildman–Crippen LogP) is 4.58. The zero-order chi connectivity index (χ0) is 20.4. The summed E-state index contributed by atoms with van der Waals surface area (Å²) in [6, 6.07) is 8.20. The highest BCUT2D eigenvalue weighted by Crippen LogP contribution is 2.29. The summed E-state index contributed by atoms with van der Waals surface area (Å²) in [5.41, 5.74) is 3.47. The Labute approximate surface area is 158 Å². The Bertz CT molecular complexity index is 1220. The number of benzene rings is 2. The molecule has 4 aromatic rings. The molecule has 142 valence electrons. The van der Waals surface area contributed by atoms with Crippen LogP contribution in [0.4, 0.5) is 11.4 Å². The quantitative estimate of drug-likeness (QED) is 0.305. The molecule has 0 fully saturated rings. The van der Waals surface area contributed by atoms with Crippen molar-refractivity contribution in [3.8, 4) is 0 Å². The summed E-state index contributed by atoms with van der Waals surface area (Å²) in [6.45, 7) is 3.74. The van der Waals surface area contributed by atoms with Gasteiger partial charge in [-0.3, -0.25) is 25.0 Å². The van der Waals surface area contributed by atoms with Crippen LogP contribution in [0.3, 0.4) is 0 Å². The molecule has 4 rings (SSSR count). The fourth-order valence-electron chi connectivity index (χ4n) is 3.12. The van der Waals surface area contributed by atoms with Gasteiger partial charge in [-0.2, -0.15) is 0 Å². The van der Waals surface area contributed by atoms with E-state index in [1.54, 1.807) is 18.3 Å². The van der Waals surface area contributed by atoms with Gasteiger partial charge in [0.15, 0.2) is 6.29 Å². The minimum atomic E-state index is -0.465. The summed E-state index contributed by atoms with van der Waals surface area (Å²) < 4.78 is 0. The van der Waals surface area contributed by atoms with Gasteiger partial charge in [0.25, 0.3) is 11.4 Å². The number of aryl methyl sites for hydroxylation is 2. The minimum Gasteiger partial charge on any atom is -0.356 e. The number of H-pyrrole nitrogens is 2. The summed E-state index contributed by atoms with van der Waals surface area (Å²) in [5.74, 6) is 0. The maximum absolute atomic E-state index is 10.7. The number of aromatic amines is 2. The molecule has 0 radical (unpaired) electrons. The number of nitrogens with zero attached hydrogens (tertiary/aromatic N) is 2. The Morgan fingerprint density at radius 1 is 0.857 bits per heavy atom. The van der Waals surface area contributed by atoms with E-state index in [2.05, 4.69) is 9.97 Å². The molecule has 2 aromatic heterocycles. The Morgan fingerprint density at radius 2 is 1.46 bits per heavy atom. The number of carbonyl (C=O) groups is 1. The molecule has 0 bridgehead atoms. The maximum atomic E-state index is 10.7. The van der Waals surface area contributed by atoms with E-state index in [1.165, 1.54) is 18.3 Å². The molecule has 9 heteroatoms. The van der Waals surface area contributed by atoms with Crippen LogP contribution >= 0.6 is 0 Å². The third-order valence-corrected chi connectivity index (χ3v) is 4.49. The van der Waals surface area contributed by atoms with Gasteiger partial charge in [0.05, 0.1) is 9.85 Å². The van der Waals surface area contributed by atoms with E-state index in [0.29, 0.717) is 28.3 Å². The van der Waals surface area contributed by atoms with E-state index in [4.69, 9.17) is 0 Å². The largest absolute Gasteiger partial charge is 0.356 e. The van der Waals surface area contributed by atoms with Crippen molar-refractivity contribution in [2.75, 3.05) is 0 Å². The monoisotopic (exact) mass is 380 g/mol. The van der Waals surface area contributed by atoms with Crippen LogP contribution in [0.1, 0.15) is 21.5 Å². The normalized spacial score (nSPS) is 10.5. The highest BCUT2D eigenvalue weighted by molar-refractivity contribution is 6.02. The van der Waals surface area contributed by atoms with Crippen molar-refractivity contribution in [3.63, 3.8) is 0 Å². The lowest BCUT2D eigenvalue weighted by Crippen LogP contribution is -1.90. The van der Waals surface area contributed by atoms with Crippen LogP contribution in [0.15, 0.2) is 42.7 Å². The number of hydrogen-bond donors (Lipinski definition) is 2. The Morgan fingerprint density at radius 3 is 2.07 bits per heavy atom. The molecular weight excluding hydrogens is 364 g/mol. The second kappa shape index (κ2) is 7.31. The average Bonchev–Trinajstić information content (AvgIpc) is 3.30. The van der Waals surface area contributed by atoms with E-state index in [0.717, 1.165) is 16.5 Å². The van der Waals surface area contributed by atoms with Crippen LogP contribution in [0.2, 0.25) is 0 Å². The number of fused-ring (bicyclic) bond motifs is 2. The summed E-state index contributed by atoms with van der Waals surface area (Å²) in [4.78, 5) is 36.8. The summed E-state index contributed by atoms with van der Waals surface area (Å²) in [5, 5.41) is 22.9. The number of nitro benzene ring substituents is 2. The molecule has 2 heterocycles. The Balaban J connectivity index is 0.000000162. The fraction of sp³-hybridized carbons (Fsp3) is 0.105. The van der Waals surface area contributed by atoms with Crippen LogP contribution in [-0.2, 0) is 0 Å². The molecule has 2 N–H and O–H groups in total. The number of rotatable bonds is 3. The topological polar surface area (TPSA) is 135 Å². The first-order valence-electron chi connectivity index (χ1n) is 8.26. The van der Waals surface area contributed by atoms with Crippen LogP contribution in [0.5, 0.6) is 0 Å².